The van der Waals surface area contributed by atoms with Crippen molar-refractivity contribution in [3.63, 3.8) is 0 Å². The van der Waals surface area contributed by atoms with Crippen LogP contribution < -0.4 is 15.8 Å². The van der Waals surface area contributed by atoms with E-state index < -0.39 is 11.7 Å². The van der Waals surface area contributed by atoms with E-state index in [2.05, 4.69) is 10.3 Å². The van der Waals surface area contributed by atoms with Crippen LogP contribution in [0.15, 0.2) is 53.5 Å². The molecule has 1 aliphatic rings. The fourth-order valence-electron chi connectivity index (χ4n) is 2.69. The maximum atomic E-state index is 12.5. The number of aliphatic imine (C=N–C) groups is 1. The van der Waals surface area contributed by atoms with E-state index in [1.165, 1.54) is 12.1 Å². The summed E-state index contributed by atoms with van der Waals surface area (Å²) in [7, 11) is 0. The van der Waals surface area contributed by atoms with E-state index >= 15 is 0 Å². The molecule has 1 unspecified atom stereocenters. The fourth-order valence-corrected chi connectivity index (χ4v) is 2.69. The monoisotopic (exact) mass is 477 g/mol. The number of guanidine groups is 1. The minimum atomic E-state index is -4.33. The molecule has 0 bridgehead atoms. The van der Waals surface area contributed by atoms with Gasteiger partial charge in [-0.1, -0.05) is 30.3 Å². The Balaban J connectivity index is 0.00000243. The maximum absolute atomic E-state index is 12.5. The van der Waals surface area contributed by atoms with Gasteiger partial charge in [0.1, 0.15) is 5.75 Å². The molecule has 8 heteroatoms. The molecule has 3 N–H and O–H groups in total. The Kier molecular flexibility index (Phi) is 6.74. The number of nitrogens with two attached hydrogens (primary N) is 1. The normalized spacial score (nSPS) is 16.9. The van der Waals surface area contributed by atoms with Gasteiger partial charge in [-0.2, -0.15) is 13.2 Å². The molecule has 0 saturated heterocycles. The van der Waals surface area contributed by atoms with Gasteiger partial charge in [-0.15, -0.1) is 24.0 Å². The summed E-state index contributed by atoms with van der Waals surface area (Å²) in [6.45, 7) is 0.794. The summed E-state index contributed by atoms with van der Waals surface area (Å²) in [6, 6.07) is 12.6. The van der Waals surface area contributed by atoms with Crippen LogP contribution in [-0.2, 0) is 12.7 Å². The molecule has 1 heterocycles. The Hall–Kier alpha value is -1.97. The highest BCUT2D eigenvalue weighted by Gasteiger charge is 2.29. The van der Waals surface area contributed by atoms with Gasteiger partial charge in [0.05, 0.1) is 24.8 Å². The van der Waals surface area contributed by atoms with Crippen LogP contribution in [-0.4, -0.2) is 12.6 Å². The van der Waals surface area contributed by atoms with Crippen molar-refractivity contribution in [2.75, 3.05) is 6.61 Å². The third-order valence-electron chi connectivity index (χ3n) is 3.99. The molecule has 140 valence electrons. The first-order chi connectivity index (χ1) is 11.9. The van der Waals surface area contributed by atoms with Crippen molar-refractivity contribution in [1.29, 1.82) is 0 Å². The Bertz CT molecular complexity index is 763. The second kappa shape index (κ2) is 8.61. The van der Waals surface area contributed by atoms with E-state index in [-0.39, 0.29) is 42.5 Å². The van der Waals surface area contributed by atoms with E-state index in [9.17, 15) is 13.2 Å². The van der Waals surface area contributed by atoms with Crippen LogP contribution in [0.3, 0.4) is 0 Å². The highest BCUT2D eigenvalue weighted by Crippen LogP contribution is 2.31. The predicted molar refractivity (Wildman–Crippen MR) is 105 cm³/mol. The molecule has 2 aromatic rings. The summed E-state index contributed by atoms with van der Waals surface area (Å²) in [5, 5.41) is 3.15. The van der Waals surface area contributed by atoms with E-state index in [1.54, 1.807) is 0 Å². The first kappa shape index (κ1) is 20.3. The third-order valence-corrected chi connectivity index (χ3v) is 3.99. The van der Waals surface area contributed by atoms with Crippen molar-refractivity contribution in [1.82, 2.24) is 5.32 Å². The molecule has 4 nitrogen and oxygen atoms in total. The smallest absolute Gasteiger partial charge is 0.416 e. The van der Waals surface area contributed by atoms with Gasteiger partial charge in [-0.05, 0) is 23.8 Å². The molecular weight excluding hydrogens is 458 g/mol. The Morgan fingerprint density at radius 3 is 2.54 bits per heavy atom. The first-order valence-corrected chi connectivity index (χ1v) is 7.88. The lowest BCUT2D eigenvalue weighted by Gasteiger charge is -2.26. The van der Waals surface area contributed by atoms with Gasteiger partial charge in [0.15, 0.2) is 5.96 Å². The van der Waals surface area contributed by atoms with Gasteiger partial charge in [0.25, 0.3) is 0 Å². The predicted octanol–water partition coefficient (Wildman–Crippen LogP) is 4.25. The molecule has 1 aliphatic heterocycles. The lowest BCUT2D eigenvalue weighted by atomic mass is 10.0. The summed E-state index contributed by atoms with van der Waals surface area (Å²) in [4.78, 5) is 4.21. The number of hydrogen-bond donors (Lipinski definition) is 2. The number of benzene rings is 2. The van der Waals surface area contributed by atoms with E-state index in [1.807, 2.05) is 24.3 Å². The number of nitrogens with one attached hydrogen (secondary N) is 1. The van der Waals surface area contributed by atoms with Crippen LogP contribution >= 0.6 is 24.0 Å². The Labute approximate surface area is 166 Å². The SMILES string of the molecule is I.NC(=NCc1ccc(C(F)(F)F)cc1)NC1CCOc2ccccc21. The zero-order valence-corrected chi connectivity index (χ0v) is 16.1. The molecule has 2 aromatic carbocycles. The van der Waals surface area contributed by atoms with Gasteiger partial charge >= 0.3 is 6.18 Å². The van der Waals surface area contributed by atoms with E-state index in [0.29, 0.717) is 12.2 Å². The summed E-state index contributed by atoms with van der Waals surface area (Å²) >= 11 is 0. The number of fused-ring (bicyclic) bond motifs is 1. The largest absolute Gasteiger partial charge is 0.493 e. The lowest BCUT2D eigenvalue weighted by molar-refractivity contribution is -0.137. The van der Waals surface area contributed by atoms with Crippen molar-refractivity contribution >= 4 is 29.9 Å². The number of rotatable bonds is 3. The van der Waals surface area contributed by atoms with Crippen LogP contribution in [0.2, 0.25) is 0 Å². The summed E-state index contributed by atoms with van der Waals surface area (Å²) in [5.74, 6) is 1.07. The highest BCUT2D eigenvalue weighted by atomic mass is 127. The minimum Gasteiger partial charge on any atom is -0.493 e. The molecule has 0 fully saturated rings. The molecule has 26 heavy (non-hydrogen) atoms. The minimum absolute atomic E-state index is 0. The first-order valence-electron chi connectivity index (χ1n) is 7.88. The van der Waals surface area contributed by atoms with Crippen LogP contribution in [0.5, 0.6) is 5.75 Å². The molecule has 0 aliphatic carbocycles. The van der Waals surface area contributed by atoms with Gasteiger partial charge in [-0.25, -0.2) is 4.99 Å². The quantitative estimate of drug-likeness (QED) is 0.395. The topological polar surface area (TPSA) is 59.6 Å². The number of alkyl halides is 3. The number of ether oxygens (including phenoxy) is 1. The van der Waals surface area contributed by atoms with Crippen LogP contribution in [0.1, 0.15) is 29.2 Å². The van der Waals surface area contributed by atoms with Gasteiger partial charge < -0.3 is 15.8 Å². The molecule has 0 saturated carbocycles. The molecular formula is C18H19F3IN3O. The average molecular weight is 477 g/mol. The number of nitrogens with zero attached hydrogens (tertiary/aromatic N) is 1. The van der Waals surface area contributed by atoms with E-state index in [4.69, 9.17) is 10.5 Å². The number of hydrogen-bond acceptors (Lipinski definition) is 2. The maximum Gasteiger partial charge on any atom is 0.416 e. The molecule has 0 aromatic heterocycles. The van der Waals surface area contributed by atoms with Gasteiger partial charge in [0, 0.05) is 12.0 Å². The molecule has 0 amide bonds. The Morgan fingerprint density at radius 2 is 1.85 bits per heavy atom. The second-order valence-corrected chi connectivity index (χ2v) is 5.77. The third kappa shape index (κ3) is 5.03. The van der Waals surface area contributed by atoms with Crippen molar-refractivity contribution in [2.45, 2.75) is 25.2 Å². The average Bonchev–Trinajstić information content (AvgIpc) is 2.60. The zero-order chi connectivity index (χ0) is 17.9. The molecule has 0 spiro atoms. The van der Waals surface area contributed by atoms with Crippen molar-refractivity contribution in [2.24, 2.45) is 10.7 Å². The Morgan fingerprint density at radius 1 is 1.15 bits per heavy atom. The molecule has 3 rings (SSSR count). The van der Waals surface area contributed by atoms with Crippen molar-refractivity contribution in [3.8, 4) is 5.75 Å². The number of para-hydroxylation sites is 1. The van der Waals surface area contributed by atoms with Crippen LogP contribution in [0.4, 0.5) is 13.2 Å². The van der Waals surface area contributed by atoms with Crippen LogP contribution in [0, 0.1) is 0 Å². The summed E-state index contributed by atoms with van der Waals surface area (Å²) in [6.07, 6.45) is -3.58. The summed E-state index contributed by atoms with van der Waals surface area (Å²) < 4.78 is 43.2. The van der Waals surface area contributed by atoms with Gasteiger partial charge in [-0.3, -0.25) is 0 Å². The molecule has 1 atom stereocenters. The fraction of sp³-hybridized carbons (Fsp3) is 0.278. The van der Waals surface area contributed by atoms with Crippen molar-refractivity contribution in [3.05, 3.63) is 65.2 Å². The second-order valence-electron chi connectivity index (χ2n) is 5.77. The van der Waals surface area contributed by atoms with Crippen molar-refractivity contribution < 1.29 is 17.9 Å². The van der Waals surface area contributed by atoms with E-state index in [0.717, 1.165) is 29.9 Å². The standard InChI is InChI=1S/C18H18F3N3O.HI/c19-18(20,21)13-7-5-12(6-8-13)11-23-17(22)24-15-9-10-25-16-4-2-1-3-14(15)16;/h1-8,15H,9-11H2,(H3,22,23,24);1H. The van der Waals surface area contributed by atoms with Gasteiger partial charge in [0.2, 0.25) is 0 Å². The summed E-state index contributed by atoms with van der Waals surface area (Å²) in [5.41, 5.74) is 6.92. The highest BCUT2D eigenvalue weighted by molar-refractivity contribution is 14.0. The van der Waals surface area contributed by atoms with Crippen LogP contribution in [0.25, 0.3) is 0 Å². The molecule has 0 radical (unpaired) electrons. The number of halogens is 4. The lowest BCUT2D eigenvalue weighted by Crippen LogP contribution is -2.37. The zero-order valence-electron chi connectivity index (χ0n) is 13.8.